The normalized spacial score (nSPS) is 12.7. The number of ether oxygens (including phenoxy) is 2. The van der Waals surface area contributed by atoms with Gasteiger partial charge in [0.05, 0.1) is 28.4 Å². The number of para-hydroxylation sites is 1. The number of benzene rings is 2. The average molecular weight is 433 g/mol. The molecule has 7 nitrogen and oxygen atoms in total. The van der Waals surface area contributed by atoms with Crippen LogP contribution in [0.3, 0.4) is 0 Å². The van der Waals surface area contributed by atoms with E-state index < -0.39 is 11.9 Å². The molecule has 0 atom stereocenters. The molecule has 0 saturated heterocycles. The first-order valence-corrected chi connectivity index (χ1v) is 10.8. The van der Waals surface area contributed by atoms with E-state index in [4.69, 9.17) is 9.47 Å². The van der Waals surface area contributed by atoms with Gasteiger partial charge in [-0.05, 0) is 49.1 Å². The first-order valence-electron chi connectivity index (χ1n) is 9.94. The van der Waals surface area contributed by atoms with E-state index in [0.29, 0.717) is 10.7 Å². The molecule has 0 radical (unpaired) electrons. The maximum Gasteiger partial charge on any atom is 0.339 e. The van der Waals surface area contributed by atoms with Crippen LogP contribution in [-0.2, 0) is 22.4 Å². The molecule has 0 spiro atoms. The van der Waals surface area contributed by atoms with Crippen LogP contribution in [0, 0.1) is 0 Å². The number of nitrogens with zero attached hydrogens (tertiary/aromatic N) is 2. The van der Waals surface area contributed by atoms with Gasteiger partial charge < -0.3 is 9.47 Å². The van der Waals surface area contributed by atoms with E-state index in [-0.39, 0.29) is 6.61 Å². The molecule has 2 heterocycles. The number of aryl methyl sites for hydroxylation is 1. The van der Waals surface area contributed by atoms with Gasteiger partial charge in [0, 0.05) is 11.1 Å². The number of nitrogens with one attached hydrogen (secondary N) is 1. The molecule has 4 aromatic rings. The van der Waals surface area contributed by atoms with E-state index in [9.17, 15) is 9.59 Å². The van der Waals surface area contributed by atoms with Crippen LogP contribution in [0.2, 0.25) is 0 Å². The molecular formula is C23H19N3O4S. The molecule has 0 saturated carbocycles. The topological polar surface area (TPSA) is 90.4 Å². The van der Waals surface area contributed by atoms with Crippen molar-refractivity contribution >= 4 is 49.5 Å². The second-order valence-electron chi connectivity index (χ2n) is 7.26. The highest BCUT2D eigenvalue weighted by molar-refractivity contribution is 7.22. The van der Waals surface area contributed by atoms with Gasteiger partial charge in [-0.2, -0.15) is 0 Å². The number of carbonyl (C=O) groups is 2. The summed E-state index contributed by atoms with van der Waals surface area (Å²) in [4.78, 5) is 34.4. The Balaban J connectivity index is 1.32. The monoisotopic (exact) mass is 433 g/mol. The number of thiazole rings is 1. The number of rotatable bonds is 5. The Morgan fingerprint density at radius 3 is 2.84 bits per heavy atom. The Labute approximate surface area is 182 Å². The molecule has 0 unspecified atom stereocenters. The minimum atomic E-state index is -0.499. The number of esters is 1. The summed E-state index contributed by atoms with van der Waals surface area (Å²) in [6.45, 7) is -0.385. The van der Waals surface area contributed by atoms with Gasteiger partial charge in [0.15, 0.2) is 11.7 Å². The zero-order chi connectivity index (χ0) is 21.4. The first kappa shape index (κ1) is 19.4. The number of amides is 1. The Kier molecular flexibility index (Phi) is 4.99. The Morgan fingerprint density at radius 2 is 1.97 bits per heavy atom. The molecule has 31 heavy (non-hydrogen) atoms. The number of aromatic nitrogens is 2. The highest BCUT2D eigenvalue weighted by atomic mass is 32.1. The summed E-state index contributed by atoms with van der Waals surface area (Å²) in [5, 5.41) is 3.91. The summed E-state index contributed by atoms with van der Waals surface area (Å²) >= 11 is 1.33. The molecule has 1 aliphatic carbocycles. The van der Waals surface area contributed by atoms with Gasteiger partial charge in [-0.15, -0.1) is 0 Å². The van der Waals surface area contributed by atoms with Crippen LogP contribution in [0.1, 0.15) is 28.0 Å². The maximum atomic E-state index is 12.9. The molecule has 2 aromatic heterocycles. The van der Waals surface area contributed by atoms with Crippen molar-refractivity contribution in [3.63, 3.8) is 0 Å². The van der Waals surface area contributed by atoms with Gasteiger partial charge in [0.25, 0.3) is 5.91 Å². The highest BCUT2D eigenvalue weighted by Crippen LogP contribution is 2.31. The van der Waals surface area contributed by atoms with E-state index in [1.165, 1.54) is 11.3 Å². The minimum Gasteiger partial charge on any atom is -0.497 e. The minimum absolute atomic E-state index is 0.385. The van der Waals surface area contributed by atoms with Gasteiger partial charge in [0.2, 0.25) is 0 Å². The lowest BCUT2D eigenvalue weighted by atomic mass is 10.0. The molecule has 0 aliphatic heterocycles. The third-order valence-corrected chi connectivity index (χ3v) is 6.23. The number of pyridine rings is 1. The fourth-order valence-electron chi connectivity index (χ4n) is 3.89. The van der Waals surface area contributed by atoms with Gasteiger partial charge in [-0.3, -0.25) is 15.1 Å². The van der Waals surface area contributed by atoms with Crippen molar-refractivity contribution in [2.75, 3.05) is 19.0 Å². The van der Waals surface area contributed by atoms with E-state index in [1.807, 2.05) is 42.5 Å². The van der Waals surface area contributed by atoms with E-state index in [0.717, 1.165) is 57.4 Å². The van der Waals surface area contributed by atoms with Gasteiger partial charge in [0.1, 0.15) is 5.75 Å². The number of carbonyl (C=O) groups excluding carboxylic acids is 2. The number of anilines is 1. The van der Waals surface area contributed by atoms with Crippen LogP contribution >= 0.6 is 11.3 Å². The highest BCUT2D eigenvalue weighted by Gasteiger charge is 2.25. The summed E-state index contributed by atoms with van der Waals surface area (Å²) in [7, 11) is 1.60. The lowest BCUT2D eigenvalue weighted by Crippen LogP contribution is -2.21. The predicted octanol–water partition coefficient (Wildman–Crippen LogP) is 4.14. The maximum absolute atomic E-state index is 12.9. The van der Waals surface area contributed by atoms with E-state index in [2.05, 4.69) is 15.3 Å². The molecule has 1 aliphatic rings. The summed E-state index contributed by atoms with van der Waals surface area (Å²) in [5.41, 5.74) is 3.93. The van der Waals surface area contributed by atoms with Crippen LogP contribution in [0.4, 0.5) is 5.13 Å². The lowest BCUT2D eigenvalue weighted by molar-refractivity contribution is -0.119. The average Bonchev–Trinajstić information content (AvgIpc) is 3.41. The Hall–Kier alpha value is -3.52. The molecule has 0 bridgehead atoms. The molecule has 8 heteroatoms. The number of hydrogen-bond acceptors (Lipinski definition) is 7. The summed E-state index contributed by atoms with van der Waals surface area (Å²) in [6, 6.07) is 13.0. The van der Waals surface area contributed by atoms with Crippen molar-refractivity contribution < 1.29 is 19.1 Å². The Morgan fingerprint density at radius 1 is 1.10 bits per heavy atom. The predicted molar refractivity (Wildman–Crippen MR) is 119 cm³/mol. The van der Waals surface area contributed by atoms with Crippen molar-refractivity contribution in [3.05, 3.63) is 59.3 Å². The van der Waals surface area contributed by atoms with Crippen molar-refractivity contribution in [3.8, 4) is 5.75 Å². The fourth-order valence-corrected chi connectivity index (χ4v) is 4.80. The molecule has 2 aromatic carbocycles. The molecule has 5 rings (SSSR count). The zero-order valence-electron chi connectivity index (χ0n) is 16.8. The summed E-state index contributed by atoms with van der Waals surface area (Å²) < 4.78 is 11.5. The van der Waals surface area contributed by atoms with Gasteiger partial charge in [-0.1, -0.05) is 29.5 Å². The van der Waals surface area contributed by atoms with Crippen LogP contribution in [0.15, 0.2) is 42.5 Å². The molecule has 156 valence electrons. The molecule has 1 amide bonds. The quantitative estimate of drug-likeness (QED) is 0.476. The van der Waals surface area contributed by atoms with Crippen LogP contribution in [-0.4, -0.2) is 35.6 Å². The number of methoxy groups -OCH3 is 1. The lowest BCUT2D eigenvalue weighted by Gasteiger charge is -2.12. The van der Waals surface area contributed by atoms with Gasteiger partial charge >= 0.3 is 5.97 Å². The zero-order valence-corrected chi connectivity index (χ0v) is 17.6. The molecular weight excluding hydrogens is 414 g/mol. The van der Waals surface area contributed by atoms with Crippen molar-refractivity contribution in [1.29, 1.82) is 0 Å². The van der Waals surface area contributed by atoms with Gasteiger partial charge in [-0.25, -0.2) is 9.78 Å². The van der Waals surface area contributed by atoms with Crippen LogP contribution in [0.5, 0.6) is 5.75 Å². The second kappa shape index (κ2) is 7.96. The second-order valence-corrected chi connectivity index (χ2v) is 8.29. The van der Waals surface area contributed by atoms with Crippen molar-refractivity contribution in [2.45, 2.75) is 19.3 Å². The van der Waals surface area contributed by atoms with Crippen LogP contribution in [0.25, 0.3) is 21.1 Å². The summed E-state index contributed by atoms with van der Waals surface area (Å²) in [6.07, 6.45) is 2.60. The van der Waals surface area contributed by atoms with E-state index in [1.54, 1.807) is 7.11 Å². The van der Waals surface area contributed by atoms with Crippen LogP contribution < -0.4 is 10.1 Å². The van der Waals surface area contributed by atoms with Crippen molar-refractivity contribution in [1.82, 2.24) is 9.97 Å². The van der Waals surface area contributed by atoms with Crippen molar-refractivity contribution in [2.24, 2.45) is 0 Å². The first-order chi connectivity index (χ1) is 15.1. The molecule has 0 fully saturated rings. The number of hydrogen-bond donors (Lipinski definition) is 1. The molecule has 1 N–H and O–H groups in total. The largest absolute Gasteiger partial charge is 0.497 e. The van der Waals surface area contributed by atoms with E-state index >= 15 is 0 Å². The Bertz CT molecular complexity index is 1330. The number of fused-ring (bicyclic) bond motifs is 3. The fraction of sp³-hybridized carbons (Fsp3) is 0.217. The summed E-state index contributed by atoms with van der Waals surface area (Å²) in [5.74, 6) is -0.213. The SMILES string of the molecule is COc1ccc2nc(NC(=O)COC(=O)c3c4c(nc5ccccc35)CCC4)sc2c1. The third-order valence-electron chi connectivity index (χ3n) is 5.30. The third kappa shape index (κ3) is 3.70. The smallest absolute Gasteiger partial charge is 0.339 e. The standard InChI is InChI=1S/C23H19N3O4S/c1-29-13-9-10-18-19(11-13)31-23(25-18)26-20(27)12-30-22(28)21-14-5-2-3-7-16(14)24-17-8-4-6-15(17)21/h2-3,5,7,9-11H,4,6,8,12H2,1H3,(H,25,26,27).